The normalized spacial score (nSPS) is 21.0. The first-order valence-electron chi connectivity index (χ1n) is 7.27. The Hall–Kier alpha value is -1.30. The summed E-state index contributed by atoms with van der Waals surface area (Å²) < 4.78 is 52.3. The second kappa shape index (κ2) is 6.64. The molecule has 1 aromatic rings. The maximum Gasteiger partial charge on any atom is 0.416 e. The minimum atomic E-state index is -4.45. The summed E-state index contributed by atoms with van der Waals surface area (Å²) in [5, 5.41) is 3.39. The molecule has 1 saturated heterocycles. The molecule has 0 radical (unpaired) electrons. The van der Waals surface area contributed by atoms with Crippen LogP contribution in [0.3, 0.4) is 0 Å². The van der Waals surface area contributed by atoms with Gasteiger partial charge in [0.15, 0.2) is 0 Å². The molecule has 2 rings (SSSR count). The van der Waals surface area contributed by atoms with Crippen molar-refractivity contribution in [1.29, 1.82) is 0 Å². The number of alkyl halides is 3. The third-order valence-electron chi connectivity index (χ3n) is 3.89. The summed E-state index contributed by atoms with van der Waals surface area (Å²) in [5.74, 6) is -0.593. The lowest BCUT2D eigenvalue weighted by atomic mass is 10.1. The van der Waals surface area contributed by atoms with Crippen LogP contribution in [0.2, 0.25) is 0 Å². The van der Waals surface area contributed by atoms with Crippen LogP contribution in [0.5, 0.6) is 0 Å². The fraction of sp³-hybridized carbons (Fsp3) is 0.600. The zero-order valence-electron chi connectivity index (χ0n) is 12.0. The lowest BCUT2D eigenvalue weighted by molar-refractivity contribution is -0.137. The molecule has 1 fully saturated rings. The first-order chi connectivity index (χ1) is 9.91. The largest absolute Gasteiger partial charge is 0.416 e. The van der Waals surface area contributed by atoms with Gasteiger partial charge in [0.2, 0.25) is 0 Å². The van der Waals surface area contributed by atoms with Crippen molar-refractivity contribution in [2.75, 3.05) is 24.5 Å². The van der Waals surface area contributed by atoms with Crippen molar-refractivity contribution in [3.63, 3.8) is 0 Å². The number of nitrogens with one attached hydrogen (secondary N) is 1. The van der Waals surface area contributed by atoms with Gasteiger partial charge in [0.1, 0.15) is 5.82 Å². The van der Waals surface area contributed by atoms with E-state index in [2.05, 4.69) is 12.2 Å². The van der Waals surface area contributed by atoms with Gasteiger partial charge in [0.05, 0.1) is 11.3 Å². The van der Waals surface area contributed by atoms with Crippen LogP contribution in [0, 0.1) is 5.82 Å². The Morgan fingerprint density at radius 3 is 2.71 bits per heavy atom. The van der Waals surface area contributed by atoms with Gasteiger partial charge in [-0.15, -0.1) is 0 Å². The minimum absolute atomic E-state index is 0.0570. The Morgan fingerprint density at radius 1 is 1.29 bits per heavy atom. The van der Waals surface area contributed by atoms with Crippen LogP contribution in [-0.4, -0.2) is 25.7 Å². The molecule has 0 bridgehead atoms. The van der Waals surface area contributed by atoms with E-state index in [9.17, 15) is 17.6 Å². The van der Waals surface area contributed by atoms with E-state index >= 15 is 0 Å². The number of benzene rings is 1. The van der Waals surface area contributed by atoms with Gasteiger partial charge in [-0.25, -0.2) is 4.39 Å². The number of anilines is 1. The number of hydrogen-bond acceptors (Lipinski definition) is 2. The van der Waals surface area contributed by atoms with Crippen molar-refractivity contribution in [2.24, 2.45) is 0 Å². The average molecular weight is 304 g/mol. The van der Waals surface area contributed by atoms with Crippen LogP contribution in [0.25, 0.3) is 0 Å². The highest BCUT2D eigenvalue weighted by Crippen LogP contribution is 2.33. The van der Waals surface area contributed by atoms with Crippen molar-refractivity contribution in [3.05, 3.63) is 29.6 Å². The molecule has 1 aliphatic rings. The second-order valence-electron chi connectivity index (χ2n) is 5.35. The third-order valence-corrected chi connectivity index (χ3v) is 3.89. The number of rotatable bonds is 2. The Kier molecular flexibility index (Phi) is 5.08. The molecule has 2 nitrogen and oxygen atoms in total. The predicted molar refractivity (Wildman–Crippen MR) is 74.9 cm³/mol. The van der Waals surface area contributed by atoms with Crippen molar-refractivity contribution >= 4 is 5.69 Å². The van der Waals surface area contributed by atoms with Gasteiger partial charge < -0.3 is 10.2 Å². The van der Waals surface area contributed by atoms with Gasteiger partial charge in [0, 0.05) is 19.1 Å². The van der Waals surface area contributed by atoms with E-state index < -0.39 is 17.6 Å². The summed E-state index contributed by atoms with van der Waals surface area (Å²) in [5.41, 5.74) is -0.743. The molecular formula is C15H20F4N2. The van der Waals surface area contributed by atoms with Crippen LogP contribution in [-0.2, 0) is 6.18 Å². The van der Waals surface area contributed by atoms with Crippen LogP contribution in [0.4, 0.5) is 23.2 Å². The van der Waals surface area contributed by atoms with Crippen molar-refractivity contribution in [3.8, 4) is 0 Å². The Morgan fingerprint density at radius 2 is 2.05 bits per heavy atom. The zero-order valence-corrected chi connectivity index (χ0v) is 12.0. The van der Waals surface area contributed by atoms with Gasteiger partial charge in [-0.2, -0.15) is 13.2 Å². The van der Waals surface area contributed by atoms with Gasteiger partial charge in [-0.3, -0.25) is 0 Å². The third kappa shape index (κ3) is 4.09. The first kappa shape index (κ1) is 16.1. The molecule has 1 heterocycles. The number of hydrogen-bond donors (Lipinski definition) is 1. The van der Waals surface area contributed by atoms with Crippen LogP contribution in [0.15, 0.2) is 18.2 Å². The second-order valence-corrected chi connectivity index (χ2v) is 5.35. The molecular weight excluding hydrogens is 284 g/mol. The van der Waals surface area contributed by atoms with E-state index in [1.54, 1.807) is 4.90 Å². The van der Waals surface area contributed by atoms with E-state index in [1.165, 1.54) is 0 Å². The highest BCUT2D eigenvalue weighted by atomic mass is 19.4. The summed E-state index contributed by atoms with van der Waals surface area (Å²) in [7, 11) is 0. The Labute approximate surface area is 122 Å². The highest BCUT2D eigenvalue weighted by molar-refractivity contribution is 5.50. The Balaban J connectivity index is 2.22. The van der Waals surface area contributed by atoms with E-state index in [4.69, 9.17) is 0 Å². The molecule has 1 aliphatic heterocycles. The molecule has 1 aromatic carbocycles. The fourth-order valence-corrected chi connectivity index (χ4v) is 2.62. The van der Waals surface area contributed by atoms with Gasteiger partial charge >= 0.3 is 6.18 Å². The van der Waals surface area contributed by atoms with E-state index in [1.807, 2.05) is 0 Å². The van der Waals surface area contributed by atoms with Gasteiger partial charge in [-0.1, -0.05) is 6.92 Å². The molecule has 0 spiro atoms. The quantitative estimate of drug-likeness (QED) is 0.836. The molecule has 21 heavy (non-hydrogen) atoms. The molecule has 0 aromatic heterocycles. The van der Waals surface area contributed by atoms with E-state index in [-0.39, 0.29) is 5.69 Å². The fourth-order valence-electron chi connectivity index (χ4n) is 2.62. The van der Waals surface area contributed by atoms with Gasteiger partial charge in [0.25, 0.3) is 0 Å². The summed E-state index contributed by atoms with van der Waals surface area (Å²) in [6.45, 7) is 3.98. The lowest BCUT2D eigenvalue weighted by Gasteiger charge is -2.31. The lowest BCUT2D eigenvalue weighted by Crippen LogP contribution is -2.40. The van der Waals surface area contributed by atoms with Gasteiger partial charge in [-0.05, 0) is 44.0 Å². The Bertz CT molecular complexity index is 473. The van der Waals surface area contributed by atoms with Crippen LogP contribution < -0.4 is 10.2 Å². The van der Waals surface area contributed by atoms with E-state index in [0.717, 1.165) is 44.0 Å². The smallest absolute Gasteiger partial charge is 0.369 e. The summed E-state index contributed by atoms with van der Waals surface area (Å²) >= 11 is 0. The molecule has 1 atom stereocenters. The molecule has 0 amide bonds. The standard InChI is InChI=1S/C15H20F4N2/c1-2-12-6-9-21(8-3-7-20-12)14-10-11(15(17,18)19)4-5-13(14)16/h4-5,10,12,20H,2-3,6-9H2,1H3. The maximum absolute atomic E-state index is 13.9. The summed E-state index contributed by atoms with van der Waals surface area (Å²) in [6, 6.07) is 2.96. The molecule has 1 unspecified atom stereocenters. The average Bonchev–Trinajstić information content (AvgIpc) is 2.39. The predicted octanol–water partition coefficient (Wildman–Crippen LogP) is 3.81. The summed E-state index contributed by atoms with van der Waals surface area (Å²) in [6.07, 6.45) is -1.91. The van der Waals surface area contributed by atoms with E-state index in [0.29, 0.717) is 19.1 Å². The molecule has 1 N–H and O–H groups in total. The SMILES string of the molecule is CCC1CCN(c2cc(C(F)(F)F)ccc2F)CCCN1. The molecule has 118 valence electrons. The van der Waals surface area contributed by atoms with Crippen molar-refractivity contribution in [1.82, 2.24) is 5.32 Å². The van der Waals surface area contributed by atoms with Crippen LogP contribution in [0.1, 0.15) is 31.7 Å². The van der Waals surface area contributed by atoms with Crippen molar-refractivity contribution < 1.29 is 17.6 Å². The number of halogens is 4. The minimum Gasteiger partial charge on any atom is -0.369 e. The first-order valence-corrected chi connectivity index (χ1v) is 7.27. The highest BCUT2D eigenvalue weighted by Gasteiger charge is 2.31. The maximum atomic E-state index is 13.9. The topological polar surface area (TPSA) is 15.3 Å². The molecule has 0 aliphatic carbocycles. The zero-order chi connectivity index (χ0) is 15.5. The van der Waals surface area contributed by atoms with Crippen LogP contribution >= 0.6 is 0 Å². The monoisotopic (exact) mass is 304 g/mol. The van der Waals surface area contributed by atoms with Crippen molar-refractivity contribution in [2.45, 2.75) is 38.4 Å². The molecule has 0 saturated carbocycles. The summed E-state index contributed by atoms with van der Waals surface area (Å²) in [4.78, 5) is 1.73. The number of nitrogens with zero attached hydrogens (tertiary/aromatic N) is 1. The molecule has 6 heteroatoms.